The number of likely N-dealkylation sites (tertiary alicyclic amines) is 1. The number of rotatable bonds is 6. The lowest BCUT2D eigenvalue weighted by Gasteiger charge is -2.32. The molecule has 0 unspecified atom stereocenters. The summed E-state index contributed by atoms with van der Waals surface area (Å²) in [5.41, 5.74) is 0.605. The monoisotopic (exact) mass is 317 g/mol. The van der Waals surface area contributed by atoms with Gasteiger partial charge in [-0.15, -0.1) is 0 Å². The van der Waals surface area contributed by atoms with Crippen molar-refractivity contribution in [2.24, 2.45) is 5.92 Å². The van der Waals surface area contributed by atoms with E-state index >= 15 is 0 Å². The number of carbonyl (C=O) groups excluding carboxylic acids is 1. The van der Waals surface area contributed by atoms with Gasteiger partial charge in [-0.3, -0.25) is 4.79 Å². The van der Waals surface area contributed by atoms with Gasteiger partial charge in [0.15, 0.2) is 0 Å². The van der Waals surface area contributed by atoms with E-state index in [1.807, 2.05) is 4.90 Å². The van der Waals surface area contributed by atoms with Crippen molar-refractivity contribution in [3.63, 3.8) is 0 Å². The number of amides is 1. The molecule has 1 aromatic rings. The van der Waals surface area contributed by atoms with E-state index in [1.54, 1.807) is 12.4 Å². The maximum absolute atomic E-state index is 12.5. The third-order valence-electron chi connectivity index (χ3n) is 4.64. The summed E-state index contributed by atoms with van der Waals surface area (Å²) in [6.45, 7) is 6.76. The van der Waals surface area contributed by atoms with Gasteiger partial charge in [-0.2, -0.15) is 0 Å². The Kier molecular flexibility index (Phi) is 5.26. The minimum absolute atomic E-state index is 0.0491. The van der Waals surface area contributed by atoms with Gasteiger partial charge in [0.25, 0.3) is 5.91 Å². The Balaban J connectivity index is 1.46. The van der Waals surface area contributed by atoms with E-state index in [9.17, 15) is 4.79 Å². The van der Waals surface area contributed by atoms with Gasteiger partial charge >= 0.3 is 0 Å². The van der Waals surface area contributed by atoms with Crippen LogP contribution in [0.4, 0.5) is 0 Å². The fourth-order valence-corrected chi connectivity index (χ4v) is 2.88. The van der Waals surface area contributed by atoms with Crippen molar-refractivity contribution in [1.82, 2.24) is 14.9 Å². The van der Waals surface area contributed by atoms with Crippen molar-refractivity contribution >= 4 is 5.91 Å². The Hall–Kier alpha value is -1.49. The third-order valence-corrected chi connectivity index (χ3v) is 4.64. The second-order valence-electron chi connectivity index (χ2n) is 7.15. The number of hydrogen-bond acceptors (Lipinski definition) is 4. The van der Waals surface area contributed by atoms with Crippen LogP contribution in [0.2, 0.25) is 0 Å². The molecule has 1 aliphatic heterocycles. The summed E-state index contributed by atoms with van der Waals surface area (Å²) >= 11 is 0. The minimum atomic E-state index is 0.0491. The van der Waals surface area contributed by atoms with Gasteiger partial charge in [-0.1, -0.05) is 13.8 Å². The predicted molar refractivity (Wildman–Crippen MR) is 88.3 cm³/mol. The quantitative estimate of drug-likeness (QED) is 0.809. The molecule has 23 heavy (non-hydrogen) atoms. The van der Waals surface area contributed by atoms with E-state index < -0.39 is 0 Å². The average molecular weight is 317 g/mol. The second-order valence-corrected chi connectivity index (χ2v) is 7.15. The summed E-state index contributed by atoms with van der Waals surface area (Å²) in [5, 5.41) is 0. The van der Waals surface area contributed by atoms with Crippen LogP contribution in [0.15, 0.2) is 12.4 Å². The molecule has 0 atom stereocenters. The van der Waals surface area contributed by atoms with Crippen LogP contribution in [0.1, 0.15) is 68.1 Å². The van der Waals surface area contributed by atoms with Gasteiger partial charge in [0.05, 0.1) is 11.7 Å². The topological polar surface area (TPSA) is 55.3 Å². The molecule has 0 bridgehead atoms. The molecular formula is C18H27N3O2. The zero-order chi connectivity index (χ0) is 16.2. The van der Waals surface area contributed by atoms with Crippen LogP contribution < -0.4 is 0 Å². The summed E-state index contributed by atoms with van der Waals surface area (Å²) in [6, 6.07) is 0. The van der Waals surface area contributed by atoms with Gasteiger partial charge in [0.1, 0.15) is 5.82 Å². The van der Waals surface area contributed by atoms with E-state index in [0.29, 0.717) is 23.5 Å². The highest BCUT2D eigenvalue weighted by Gasteiger charge is 2.28. The molecule has 2 aliphatic rings. The third kappa shape index (κ3) is 4.50. The average Bonchev–Trinajstić information content (AvgIpc) is 3.40. The van der Waals surface area contributed by atoms with Crippen LogP contribution in [0, 0.1) is 5.92 Å². The molecule has 2 fully saturated rings. The molecule has 0 spiro atoms. The van der Waals surface area contributed by atoms with Crippen LogP contribution in [0.25, 0.3) is 0 Å². The molecule has 1 aromatic heterocycles. The summed E-state index contributed by atoms with van der Waals surface area (Å²) < 4.78 is 5.91. The normalized spacial score (nSPS) is 19.3. The highest BCUT2D eigenvalue weighted by molar-refractivity contribution is 5.93. The minimum Gasteiger partial charge on any atom is -0.378 e. The zero-order valence-electron chi connectivity index (χ0n) is 14.2. The molecule has 1 saturated carbocycles. The molecule has 5 heteroatoms. The Bertz CT molecular complexity index is 518. The molecular weight excluding hydrogens is 290 g/mol. The van der Waals surface area contributed by atoms with Crippen molar-refractivity contribution in [3.8, 4) is 0 Å². The number of hydrogen-bond donors (Lipinski definition) is 0. The van der Waals surface area contributed by atoms with Crippen LogP contribution in [-0.2, 0) is 4.74 Å². The van der Waals surface area contributed by atoms with E-state index in [0.717, 1.165) is 44.8 Å². The lowest BCUT2D eigenvalue weighted by molar-refractivity contribution is 0.00482. The highest BCUT2D eigenvalue weighted by atomic mass is 16.5. The second kappa shape index (κ2) is 7.39. The smallest absolute Gasteiger partial charge is 0.256 e. The summed E-state index contributed by atoms with van der Waals surface area (Å²) in [5.74, 6) is 2.14. The number of ether oxygens (including phenoxy) is 1. The Labute approximate surface area is 138 Å². The fraction of sp³-hybridized carbons (Fsp3) is 0.722. The predicted octanol–water partition coefficient (Wildman–Crippen LogP) is 3.02. The van der Waals surface area contributed by atoms with E-state index in [4.69, 9.17) is 4.74 Å². The van der Waals surface area contributed by atoms with Crippen molar-refractivity contribution in [3.05, 3.63) is 23.8 Å². The lowest BCUT2D eigenvalue weighted by atomic mass is 10.1. The largest absolute Gasteiger partial charge is 0.378 e. The molecule has 3 rings (SSSR count). The number of carbonyl (C=O) groups is 1. The summed E-state index contributed by atoms with van der Waals surface area (Å²) in [6.07, 6.45) is 8.98. The maximum Gasteiger partial charge on any atom is 0.256 e. The molecule has 0 aromatic carbocycles. The fourth-order valence-electron chi connectivity index (χ4n) is 2.88. The molecule has 126 valence electrons. The van der Waals surface area contributed by atoms with Crippen molar-refractivity contribution in [1.29, 1.82) is 0 Å². The highest BCUT2D eigenvalue weighted by Crippen LogP contribution is 2.37. The van der Waals surface area contributed by atoms with Gasteiger partial charge in [0, 0.05) is 38.0 Å². The van der Waals surface area contributed by atoms with Gasteiger partial charge in [0.2, 0.25) is 0 Å². The Morgan fingerprint density at radius 1 is 1.22 bits per heavy atom. The Morgan fingerprint density at radius 2 is 1.87 bits per heavy atom. The van der Waals surface area contributed by atoms with E-state index in [-0.39, 0.29) is 5.91 Å². The van der Waals surface area contributed by atoms with Gasteiger partial charge < -0.3 is 9.64 Å². The van der Waals surface area contributed by atoms with Crippen LogP contribution in [0.5, 0.6) is 0 Å². The van der Waals surface area contributed by atoms with Crippen molar-refractivity contribution in [2.75, 3.05) is 19.7 Å². The molecule has 0 N–H and O–H groups in total. The first kappa shape index (κ1) is 16.4. The molecule has 0 radical (unpaired) electrons. The summed E-state index contributed by atoms with van der Waals surface area (Å²) in [4.78, 5) is 23.1. The maximum atomic E-state index is 12.5. The van der Waals surface area contributed by atoms with Crippen LogP contribution in [0.3, 0.4) is 0 Å². The van der Waals surface area contributed by atoms with E-state index in [2.05, 4.69) is 23.8 Å². The molecule has 1 amide bonds. The number of piperidine rings is 1. The van der Waals surface area contributed by atoms with E-state index in [1.165, 1.54) is 12.8 Å². The molecule has 1 saturated heterocycles. The van der Waals surface area contributed by atoms with Gasteiger partial charge in [-0.05, 0) is 38.0 Å². The van der Waals surface area contributed by atoms with Crippen molar-refractivity contribution < 1.29 is 9.53 Å². The number of aromatic nitrogens is 2. The first-order chi connectivity index (χ1) is 11.1. The standard InChI is InChI=1S/C18H27N3O2/c1-13(2)7-10-23-16-5-8-21(9-6-16)18(22)15-11-19-17(20-12-15)14-3-4-14/h11-14,16H,3-10H2,1-2H3. The number of nitrogens with zero attached hydrogens (tertiary/aromatic N) is 3. The summed E-state index contributed by atoms with van der Waals surface area (Å²) in [7, 11) is 0. The molecule has 2 heterocycles. The first-order valence-corrected chi connectivity index (χ1v) is 8.86. The lowest BCUT2D eigenvalue weighted by Crippen LogP contribution is -2.41. The van der Waals surface area contributed by atoms with Crippen LogP contribution in [-0.4, -0.2) is 46.6 Å². The Morgan fingerprint density at radius 3 is 2.43 bits per heavy atom. The van der Waals surface area contributed by atoms with Crippen molar-refractivity contribution in [2.45, 2.75) is 58.0 Å². The molecule has 1 aliphatic carbocycles. The first-order valence-electron chi connectivity index (χ1n) is 8.86. The van der Waals surface area contributed by atoms with Gasteiger partial charge in [-0.25, -0.2) is 9.97 Å². The molecule has 5 nitrogen and oxygen atoms in total. The van der Waals surface area contributed by atoms with Crippen LogP contribution >= 0.6 is 0 Å². The SMILES string of the molecule is CC(C)CCOC1CCN(C(=O)c2cnc(C3CC3)nc2)CC1. The zero-order valence-corrected chi connectivity index (χ0v) is 14.2.